The molecular formula is C25H25N5O3. The average molecular weight is 444 g/mol. The Hall–Kier alpha value is -4.33. The van der Waals surface area contributed by atoms with Crippen LogP contribution in [0.3, 0.4) is 0 Å². The molecule has 2 heterocycles. The van der Waals surface area contributed by atoms with Crippen LogP contribution in [0.2, 0.25) is 0 Å². The fourth-order valence-corrected chi connectivity index (χ4v) is 3.01. The second-order valence-corrected chi connectivity index (χ2v) is 7.09. The Labute approximate surface area is 192 Å². The van der Waals surface area contributed by atoms with E-state index in [-0.39, 0.29) is 5.91 Å². The molecule has 3 aromatic rings. The van der Waals surface area contributed by atoms with Gasteiger partial charge in [0.1, 0.15) is 11.5 Å². The molecule has 0 atom stereocenters. The summed E-state index contributed by atoms with van der Waals surface area (Å²) in [6.45, 7) is 7.79. The van der Waals surface area contributed by atoms with Crippen LogP contribution in [0.25, 0.3) is 10.9 Å². The number of amides is 2. The number of pyridine rings is 1. The van der Waals surface area contributed by atoms with Gasteiger partial charge < -0.3 is 10.1 Å². The molecule has 0 bridgehead atoms. The summed E-state index contributed by atoms with van der Waals surface area (Å²) >= 11 is 0. The molecule has 8 nitrogen and oxygen atoms in total. The molecule has 0 spiro atoms. The number of hydrogen-bond acceptors (Lipinski definition) is 6. The lowest BCUT2D eigenvalue weighted by Gasteiger charge is -2.11. The second-order valence-electron chi connectivity index (χ2n) is 7.09. The molecule has 1 aliphatic heterocycles. The van der Waals surface area contributed by atoms with E-state index in [1.165, 1.54) is 0 Å². The highest BCUT2D eigenvalue weighted by molar-refractivity contribution is 6.09. The smallest absolute Gasteiger partial charge is 0.258 e. The molecule has 0 radical (unpaired) electrons. The molecule has 2 amide bonds. The van der Waals surface area contributed by atoms with Crippen molar-refractivity contribution in [3.05, 3.63) is 72.9 Å². The minimum atomic E-state index is -0.280. The van der Waals surface area contributed by atoms with E-state index < -0.39 is 0 Å². The molecule has 0 saturated carbocycles. The predicted octanol–water partition coefficient (Wildman–Crippen LogP) is 4.74. The molecule has 1 aromatic heterocycles. The minimum Gasteiger partial charge on any atom is -0.457 e. The normalized spacial score (nSPS) is 12.4. The van der Waals surface area contributed by atoms with Crippen molar-refractivity contribution in [3.8, 4) is 11.5 Å². The van der Waals surface area contributed by atoms with Crippen LogP contribution in [0.5, 0.6) is 11.5 Å². The number of guanidine groups is 1. The number of aliphatic imine (C=N–C) groups is 2. The second kappa shape index (κ2) is 11.3. The van der Waals surface area contributed by atoms with Gasteiger partial charge in [-0.2, -0.15) is 0 Å². The summed E-state index contributed by atoms with van der Waals surface area (Å²) in [6.07, 6.45) is 4.83. The van der Waals surface area contributed by atoms with Crippen LogP contribution in [0, 0.1) is 0 Å². The van der Waals surface area contributed by atoms with Gasteiger partial charge in [-0.3, -0.25) is 24.9 Å². The Morgan fingerprint density at radius 3 is 2.61 bits per heavy atom. The Kier molecular flexibility index (Phi) is 8.02. The molecule has 4 rings (SSSR count). The van der Waals surface area contributed by atoms with E-state index in [1.54, 1.807) is 60.8 Å². The maximum absolute atomic E-state index is 12.4. The lowest BCUT2D eigenvalue weighted by molar-refractivity contribution is -0.105. The Bertz CT molecular complexity index is 1220. The molecule has 168 valence electrons. The lowest BCUT2D eigenvalue weighted by Crippen LogP contribution is -2.31. The Balaban J connectivity index is 0.000000968. The molecule has 0 saturated heterocycles. The van der Waals surface area contributed by atoms with Crippen LogP contribution in [-0.2, 0) is 4.79 Å². The van der Waals surface area contributed by atoms with E-state index in [9.17, 15) is 9.59 Å². The molecule has 0 fully saturated rings. The van der Waals surface area contributed by atoms with Gasteiger partial charge in [0.25, 0.3) is 5.91 Å². The maximum Gasteiger partial charge on any atom is 0.258 e. The molecule has 1 aliphatic rings. The van der Waals surface area contributed by atoms with Crippen molar-refractivity contribution in [1.82, 2.24) is 10.3 Å². The first-order valence-corrected chi connectivity index (χ1v) is 10.4. The largest absolute Gasteiger partial charge is 0.457 e. The molecule has 8 heteroatoms. The third-order valence-corrected chi connectivity index (χ3v) is 4.53. The van der Waals surface area contributed by atoms with Gasteiger partial charge in [0, 0.05) is 41.5 Å². The summed E-state index contributed by atoms with van der Waals surface area (Å²) < 4.78 is 5.99. The van der Waals surface area contributed by atoms with Gasteiger partial charge in [0.15, 0.2) is 0 Å². The van der Waals surface area contributed by atoms with Gasteiger partial charge in [-0.25, -0.2) is 4.99 Å². The highest BCUT2D eigenvalue weighted by Crippen LogP contribution is 2.30. The number of aromatic nitrogens is 1. The van der Waals surface area contributed by atoms with Crippen molar-refractivity contribution in [2.75, 3.05) is 11.9 Å². The van der Waals surface area contributed by atoms with Crippen LogP contribution in [0.4, 0.5) is 5.69 Å². The van der Waals surface area contributed by atoms with Crippen molar-refractivity contribution in [1.29, 1.82) is 0 Å². The van der Waals surface area contributed by atoms with Gasteiger partial charge >= 0.3 is 0 Å². The Morgan fingerprint density at radius 1 is 1.15 bits per heavy atom. The van der Waals surface area contributed by atoms with E-state index in [1.807, 2.05) is 13.8 Å². The quantitative estimate of drug-likeness (QED) is 0.439. The first kappa shape index (κ1) is 23.3. The molecule has 33 heavy (non-hydrogen) atoms. The number of benzene rings is 2. The van der Waals surface area contributed by atoms with E-state index in [0.29, 0.717) is 41.7 Å². The summed E-state index contributed by atoms with van der Waals surface area (Å²) in [5.41, 5.74) is 2.80. The highest BCUT2D eigenvalue weighted by Gasteiger charge is 2.12. The number of nitrogens with one attached hydrogen (secondary N) is 2. The Morgan fingerprint density at radius 2 is 1.91 bits per heavy atom. The standard InChI is InChI=1S/C22H19N5O3.C3H6/c1-14-8-10-24-22(26-14)27-21(29)15-2-5-17(6-3-15)30-20-9-11-23-19-7-4-16(25-13-28)12-18(19)20;1-3-2/h2-7,9,11-13H,8,10H2,1H3,(H,25,28)(H,24,27,29);3H,1H2,2H3. The fourth-order valence-electron chi connectivity index (χ4n) is 3.01. The average Bonchev–Trinajstić information content (AvgIpc) is 2.81. The van der Waals surface area contributed by atoms with Crippen molar-refractivity contribution in [2.45, 2.75) is 20.3 Å². The van der Waals surface area contributed by atoms with Crippen LogP contribution in [0.1, 0.15) is 30.6 Å². The number of allylic oxidation sites excluding steroid dienone is 1. The summed E-state index contributed by atoms with van der Waals surface area (Å²) in [6, 6.07) is 13.9. The zero-order valence-corrected chi connectivity index (χ0v) is 18.5. The summed E-state index contributed by atoms with van der Waals surface area (Å²) in [5, 5.41) is 6.09. The number of fused-ring (bicyclic) bond motifs is 1. The van der Waals surface area contributed by atoms with Crippen LogP contribution in [-0.4, -0.2) is 35.5 Å². The molecule has 0 aliphatic carbocycles. The number of carbonyl (C=O) groups is 2. The first-order valence-electron chi connectivity index (χ1n) is 10.4. The van der Waals surface area contributed by atoms with Gasteiger partial charge in [-0.15, -0.1) is 6.58 Å². The molecule has 2 N–H and O–H groups in total. The maximum atomic E-state index is 12.4. The van der Waals surface area contributed by atoms with E-state index in [0.717, 1.165) is 23.0 Å². The number of rotatable bonds is 5. The SMILES string of the molecule is C=CC.CC1=NC(NC(=O)c2ccc(Oc3ccnc4ccc(NC=O)cc34)cc2)=NCC1. The monoisotopic (exact) mass is 443 g/mol. The topological polar surface area (TPSA) is 105 Å². The lowest BCUT2D eigenvalue weighted by atomic mass is 10.1. The van der Waals surface area contributed by atoms with Crippen molar-refractivity contribution >= 4 is 40.6 Å². The predicted molar refractivity (Wildman–Crippen MR) is 131 cm³/mol. The first-order chi connectivity index (χ1) is 16.0. The molecule has 0 unspecified atom stereocenters. The third-order valence-electron chi connectivity index (χ3n) is 4.53. The van der Waals surface area contributed by atoms with Crippen LogP contribution >= 0.6 is 0 Å². The fraction of sp³-hybridized carbons (Fsp3) is 0.160. The number of carbonyl (C=O) groups excluding carboxylic acids is 2. The summed E-state index contributed by atoms with van der Waals surface area (Å²) in [5.74, 6) is 1.22. The van der Waals surface area contributed by atoms with E-state index >= 15 is 0 Å². The van der Waals surface area contributed by atoms with Gasteiger partial charge in [0.05, 0.1) is 5.52 Å². The summed E-state index contributed by atoms with van der Waals surface area (Å²) in [7, 11) is 0. The van der Waals surface area contributed by atoms with Crippen LogP contribution < -0.4 is 15.4 Å². The number of nitrogens with zero attached hydrogens (tertiary/aromatic N) is 3. The van der Waals surface area contributed by atoms with Crippen molar-refractivity contribution in [2.24, 2.45) is 9.98 Å². The van der Waals surface area contributed by atoms with Gasteiger partial charge in [0.2, 0.25) is 12.4 Å². The molecule has 2 aromatic carbocycles. The van der Waals surface area contributed by atoms with Crippen LogP contribution in [0.15, 0.2) is 77.4 Å². The zero-order valence-electron chi connectivity index (χ0n) is 18.5. The summed E-state index contributed by atoms with van der Waals surface area (Å²) in [4.78, 5) is 35.9. The van der Waals surface area contributed by atoms with E-state index in [4.69, 9.17) is 4.74 Å². The minimum absolute atomic E-state index is 0.280. The third kappa shape index (κ3) is 6.33. The number of anilines is 1. The van der Waals surface area contributed by atoms with Gasteiger partial charge in [-0.1, -0.05) is 6.08 Å². The highest BCUT2D eigenvalue weighted by atomic mass is 16.5. The molecular weight excluding hydrogens is 418 g/mol. The van der Waals surface area contributed by atoms with E-state index in [2.05, 4.69) is 32.2 Å². The number of ether oxygens (including phenoxy) is 1. The van der Waals surface area contributed by atoms with Crippen molar-refractivity contribution < 1.29 is 14.3 Å². The zero-order chi connectivity index (χ0) is 23.6. The van der Waals surface area contributed by atoms with Gasteiger partial charge in [-0.05, 0) is 62.4 Å². The van der Waals surface area contributed by atoms with Crippen molar-refractivity contribution in [3.63, 3.8) is 0 Å². The number of hydrogen-bond donors (Lipinski definition) is 2.